The number of hydrogen-bond donors (Lipinski definition) is 1. The fourth-order valence-electron chi connectivity index (χ4n) is 4.09. The predicted octanol–water partition coefficient (Wildman–Crippen LogP) is 2.16. The maximum Gasteiger partial charge on any atom is 0.225 e. The van der Waals surface area contributed by atoms with Gasteiger partial charge in [-0.3, -0.25) is 4.90 Å². The van der Waals surface area contributed by atoms with Crippen molar-refractivity contribution >= 4 is 28.3 Å². The number of anilines is 2. The van der Waals surface area contributed by atoms with Crippen molar-refractivity contribution in [2.75, 3.05) is 63.5 Å². The second-order valence-electron chi connectivity index (χ2n) is 8.14. The van der Waals surface area contributed by atoms with Crippen molar-refractivity contribution in [1.82, 2.24) is 34.3 Å². The lowest BCUT2D eigenvalue weighted by Gasteiger charge is -2.36. The molecule has 37 heavy (non-hydrogen) atoms. The topological polar surface area (TPSA) is 125 Å². The van der Waals surface area contributed by atoms with Crippen molar-refractivity contribution in [2.24, 2.45) is 0 Å². The summed E-state index contributed by atoms with van der Waals surface area (Å²) in [6.45, 7) is -7.18. The van der Waals surface area contributed by atoms with Crippen molar-refractivity contribution < 1.29 is 26.2 Å². The van der Waals surface area contributed by atoms with Gasteiger partial charge in [-0.05, 0) is 36.4 Å². The van der Waals surface area contributed by atoms with Crippen LogP contribution in [0.3, 0.4) is 0 Å². The maximum absolute atomic E-state index is 8.89. The van der Waals surface area contributed by atoms with Crippen LogP contribution in [0.2, 0.25) is 0 Å². The molecule has 0 unspecified atom stereocenters. The third-order valence-electron chi connectivity index (χ3n) is 5.94. The summed E-state index contributed by atoms with van der Waals surface area (Å²) in [5.41, 5.74) is 7.22. The highest BCUT2D eigenvalue weighted by atomic mass is 16.5. The van der Waals surface area contributed by atoms with Crippen LogP contribution >= 0.6 is 0 Å². The number of benzene rings is 1. The van der Waals surface area contributed by atoms with Crippen molar-refractivity contribution in [3.8, 4) is 17.3 Å². The van der Waals surface area contributed by atoms with Gasteiger partial charge in [-0.2, -0.15) is 14.6 Å². The van der Waals surface area contributed by atoms with Crippen LogP contribution in [0.4, 0.5) is 11.6 Å². The highest BCUT2D eigenvalue weighted by Gasteiger charge is 2.20. The Morgan fingerprint density at radius 3 is 2.73 bits per heavy atom. The average molecular weight is 513 g/mol. The lowest BCUT2D eigenvalue weighted by molar-refractivity contribution is 0.146. The van der Waals surface area contributed by atoms with Gasteiger partial charge < -0.3 is 24.5 Å². The molecule has 5 heterocycles. The molecule has 12 nitrogen and oxygen atoms in total. The molecule has 1 fully saturated rings. The molecule has 6 rings (SSSR count). The summed E-state index contributed by atoms with van der Waals surface area (Å²) in [4.78, 5) is 12.2. The molecule has 4 aromatic heterocycles. The SMILES string of the molecule is [2H]C([2H])([2H])OC([2H])([2H])COc1ccc(N2CCN(C([2H])([2H])C([2H])([2H])n3ncc4c3nc(N)n3nc(-c5ccco5)nc43)CC2)cc1. The Hall–Kier alpha value is -4.16. The lowest BCUT2D eigenvalue weighted by atomic mass is 10.2. The zero-order valence-corrected chi connectivity index (χ0v) is 19.5. The van der Waals surface area contributed by atoms with Gasteiger partial charge in [0.15, 0.2) is 17.1 Å². The van der Waals surface area contributed by atoms with Crippen LogP contribution in [0.15, 0.2) is 53.3 Å². The number of aromatic nitrogens is 6. The molecule has 1 saturated heterocycles. The Bertz CT molecular complexity index is 1830. The Kier molecular flexibility index (Phi) is 4.13. The van der Waals surface area contributed by atoms with Gasteiger partial charge in [-0.1, -0.05) is 0 Å². The van der Waals surface area contributed by atoms with E-state index in [1.807, 2.05) is 4.90 Å². The van der Waals surface area contributed by atoms with Crippen LogP contribution in [-0.4, -0.2) is 87.1 Å². The van der Waals surface area contributed by atoms with E-state index in [1.54, 1.807) is 36.4 Å². The molecule has 0 amide bonds. The van der Waals surface area contributed by atoms with E-state index in [1.165, 1.54) is 21.9 Å². The largest absolute Gasteiger partial charge is 0.491 e. The number of methoxy groups -OCH3 is 1. The molecule has 1 aromatic carbocycles. The third-order valence-corrected chi connectivity index (χ3v) is 5.94. The molecule has 0 saturated carbocycles. The first-order chi connectivity index (χ1) is 21.6. The van der Waals surface area contributed by atoms with E-state index in [0.29, 0.717) is 30.0 Å². The van der Waals surface area contributed by atoms with E-state index in [4.69, 9.17) is 27.2 Å². The number of rotatable bonds is 9. The van der Waals surface area contributed by atoms with Crippen molar-refractivity contribution in [3.63, 3.8) is 0 Å². The standard InChI is InChI=1S/C25H29N9O3/c1-35-15-16-36-19-6-4-18(5-7-19)32-11-8-31(9-12-32)10-13-33-23-20(17-27-33)24-28-22(21-3-2-14-37-21)30-34(24)25(26)29-23/h2-7,14,17H,8-13,15-16H2,1H3,(H2,26,29)/i1D3,10D2,13D2,15D2. The minimum atomic E-state index is -2.90. The zero-order chi connectivity index (χ0) is 33.1. The molecule has 0 radical (unpaired) electrons. The summed E-state index contributed by atoms with van der Waals surface area (Å²) in [5, 5.41) is 8.84. The van der Waals surface area contributed by atoms with E-state index in [0.717, 1.165) is 10.4 Å². The van der Waals surface area contributed by atoms with Gasteiger partial charge in [0.05, 0.1) is 40.5 Å². The molecule has 0 aliphatic carbocycles. The van der Waals surface area contributed by atoms with E-state index >= 15 is 0 Å². The van der Waals surface area contributed by atoms with Crippen LogP contribution < -0.4 is 15.4 Å². The number of ether oxygens (including phenoxy) is 2. The molecular weight excluding hydrogens is 474 g/mol. The molecule has 12 heteroatoms. The molecular formula is C25H29N9O3. The summed E-state index contributed by atoms with van der Waals surface area (Å²) in [6, 6.07) is 10.1. The Morgan fingerprint density at radius 2 is 1.95 bits per heavy atom. The Balaban J connectivity index is 1.15. The van der Waals surface area contributed by atoms with Crippen molar-refractivity contribution in [3.05, 3.63) is 48.9 Å². The molecule has 5 aromatic rings. The lowest BCUT2D eigenvalue weighted by Crippen LogP contribution is -2.47. The number of piperazine rings is 1. The van der Waals surface area contributed by atoms with Gasteiger partial charge in [0.2, 0.25) is 11.8 Å². The fourth-order valence-corrected chi connectivity index (χ4v) is 4.09. The normalized spacial score (nSPS) is 19.8. The van der Waals surface area contributed by atoms with Gasteiger partial charge in [-0.25, -0.2) is 9.67 Å². The Morgan fingerprint density at radius 1 is 1.08 bits per heavy atom. The summed E-state index contributed by atoms with van der Waals surface area (Å²) in [5.74, 6) is 0.881. The number of nitrogens with two attached hydrogens (primary N) is 1. The molecule has 1 aliphatic rings. The molecule has 1 aliphatic heterocycles. The van der Waals surface area contributed by atoms with Crippen LogP contribution in [0.1, 0.15) is 12.3 Å². The number of fused-ring (bicyclic) bond motifs is 3. The highest BCUT2D eigenvalue weighted by Crippen LogP contribution is 2.24. The Labute approximate surface area is 225 Å². The molecule has 2 N–H and O–H groups in total. The average Bonchev–Trinajstić information content (AvgIpc) is 3.75. The number of nitrogens with zero attached hydrogens (tertiary/aromatic N) is 8. The quantitative estimate of drug-likeness (QED) is 0.314. The number of nitrogen functional groups attached to an aromatic ring is 1. The number of hydrogen-bond acceptors (Lipinski definition) is 10. The van der Waals surface area contributed by atoms with Gasteiger partial charge in [0, 0.05) is 48.1 Å². The minimum Gasteiger partial charge on any atom is -0.491 e. The van der Waals surface area contributed by atoms with Crippen molar-refractivity contribution in [1.29, 1.82) is 0 Å². The minimum absolute atomic E-state index is 0.0104. The van der Waals surface area contributed by atoms with E-state index < -0.39 is 33.2 Å². The highest BCUT2D eigenvalue weighted by molar-refractivity contribution is 5.90. The van der Waals surface area contributed by atoms with Crippen LogP contribution in [-0.2, 0) is 11.2 Å². The van der Waals surface area contributed by atoms with Crippen molar-refractivity contribution in [2.45, 2.75) is 6.50 Å². The van der Waals surface area contributed by atoms with Gasteiger partial charge in [-0.15, -0.1) is 5.10 Å². The van der Waals surface area contributed by atoms with Gasteiger partial charge in [0.25, 0.3) is 0 Å². The fraction of sp³-hybridized carbons (Fsp3) is 0.360. The maximum atomic E-state index is 8.89. The van der Waals surface area contributed by atoms with E-state index in [2.05, 4.69) is 24.9 Å². The van der Waals surface area contributed by atoms with Crippen LogP contribution in [0.25, 0.3) is 28.3 Å². The summed E-state index contributed by atoms with van der Waals surface area (Å²) < 4.78 is 89.4. The smallest absolute Gasteiger partial charge is 0.225 e. The predicted molar refractivity (Wildman–Crippen MR) is 139 cm³/mol. The summed E-state index contributed by atoms with van der Waals surface area (Å²) >= 11 is 0. The molecule has 192 valence electrons. The first-order valence-electron chi connectivity index (χ1n) is 15.9. The second kappa shape index (κ2) is 10.1. The van der Waals surface area contributed by atoms with E-state index in [9.17, 15) is 0 Å². The first kappa shape index (κ1) is 15.2. The zero-order valence-electron chi connectivity index (χ0n) is 28.5. The number of furan rings is 1. The second-order valence-corrected chi connectivity index (χ2v) is 8.14. The van der Waals surface area contributed by atoms with Gasteiger partial charge >= 0.3 is 0 Å². The summed E-state index contributed by atoms with van der Waals surface area (Å²) in [7, 11) is -2.90. The molecule has 0 atom stereocenters. The molecule has 0 bridgehead atoms. The monoisotopic (exact) mass is 512 g/mol. The number of aryl methyl sites for hydroxylation is 1. The van der Waals surface area contributed by atoms with E-state index in [-0.39, 0.29) is 36.2 Å². The van der Waals surface area contributed by atoms with Crippen LogP contribution in [0.5, 0.6) is 5.75 Å². The third kappa shape index (κ3) is 4.68. The molecule has 0 spiro atoms. The first-order valence-corrected chi connectivity index (χ1v) is 11.4. The van der Waals surface area contributed by atoms with Crippen LogP contribution in [0, 0.1) is 0 Å². The summed E-state index contributed by atoms with van der Waals surface area (Å²) in [6.07, 6.45) is 2.83. The van der Waals surface area contributed by atoms with Gasteiger partial charge in [0.1, 0.15) is 12.4 Å².